The molecule has 0 bridgehead atoms. The summed E-state index contributed by atoms with van der Waals surface area (Å²) in [5, 5.41) is 4.08. The summed E-state index contributed by atoms with van der Waals surface area (Å²) < 4.78 is 5.27. The Morgan fingerprint density at radius 1 is 1.00 bits per heavy atom. The first-order chi connectivity index (χ1) is 15.8. The van der Waals surface area contributed by atoms with E-state index in [-0.39, 0.29) is 17.4 Å². The molecule has 1 amide bonds. The SMILES string of the molecule is COc1ccc(N2CCN(c3cc(C(=O)N[C@H](C)C(C)(C)C)c4ccccc4n3)CC2)cc1. The Balaban J connectivity index is 1.55. The summed E-state index contributed by atoms with van der Waals surface area (Å²) in [4.78, 5) is 22.8. The van der Waals surface area contributed by atoms with Gasteiger partial charge in [0.15, 0.2) is 0 Å². The third-order valence-corrected chi connectivity index (χ3v) is 6.64. The van der Waals surface area contributed by atoms with Gasteiger partial charge >= 0.3 is 0 Å². The maximum absolute atomic E-state index is 13.3. The number of methoxy groups -OCH3 is 1. The van der Waals surface area contributed by atoms with E-state index in [4.69, 9.17) is 9.72 Å². The van der Waals surface area contributed by atoms with Crippen LogP contribution in [0.5, 0.6) is 5.75 Å². The van der Waals surface area contributed by atoms with E-state index in [1.807, 2.05) is 42.5 Å². The number of amides is 1. The molecule has 0 spiro atoms. The molecular formula is C27H34N4O2. The van der Waals surface area contributed by atoms with Crippen LogP contribution in [0.15, 0.2) is 54.6 Å². The Morgan fingerprint density at radius 3 is 2.27 bits per heavy atom. The molecule has 0 saturated carbocycles. The number of rotatable bonds is 5. The molecule has 2 heterocycles. The van der Waals surface area contributed by atoms with Crippen molar-refractivity contribution in [3.8, 4) is 5.75 Å². The number of aromatic nitrogens is 1. The van der Waals surface area contributed by atoms with Crippen LogP contribution in [0.3, 0.4) is 0 Å². The second-order valence-corrected chi connectivity index (χ2v) is 9.78. The molecule has 0 radical (unpaired) electrons. The zero-order valence-electron chi connectivity index (χ0n) is 20.3. The first kappa shape index (κ1) is 22.9. The predicted molar refractivity (Wildman–Crippen MR) is 136 cm³/mol. The lowest BCUT2D eigenvalue weighted by Crippen LogP contribution is -2.47. The first-order valence-corrected chi connectivity index (χ1v) is 11.6. The van der Waals surface area contributed by atoms with Crippen LogP contribution in [-0.4, -0.2) is 50.2 Å². The van der Waals surface area contributed by atoms with Crippen molar-refractivity contribution in [2.75, 3.05) is 43.1 Å². The molecule has 0 unspecified atom stereocenters. The van der Waals surface area contributed by atoms with E-state index < -0.39 is 0 Å². The maximum atomic E-state index is 13.3. The van der Waals surface area contributed by atoms with Crippen molar-refractivity contribution in [2.45, 2.75) is 33.7 Å². The Hall–Kier alpha value is -3.28. The van der Waals surface area contributed by atoms with Gasteiger partial charge in [-0.1, -0.05) is 39.0 Å². The summed E-state index contributed by atoms with van der Waals surface area (Å²) in [6, 6.07) is 18.1. The molecule has 6 nitrogen and oxygen atoms in total. The quantitative estimate of drug-likeness (QED) is 0.614. The molecule has 4 rings (SSSR count). The highest BCUT2D eigenvalue weighted by atomic mass is 16.5. The highest BCUT2D eigenvalue weighted by Crippen LogP contribution is 2.27. The van der Waals surface area contributed by atoms with Gasteiger partial charge in [0, 0.05) is 43.3 Å². The van der Waals surface area contributed by atoms with Gasteiger partial charge in [-0.05, 0) is 48.7 Å². The molecule has 1 aliphatic rings. The molecular weight excluding hydrogens is 412 g/mol. The van der Waals surface area contributed by atoms with E-state index in [0.29, 0.717) is 5.56 Å². The fraction of sp³-hybridized carbons (Fsp3) is 0.407. The summed E-state index contributed by atoms with van der Waals surface area (Å²) in [6.45, 7) is 11.9. The topological polar surface area (TPSA) is 57.7 Å². The Morgan fingerprint density at radius 2 is 1.64 bits per heavy atom. The Labute approximate surface area is 196 Å². The van der Waals surface area contributed by atoms with Gasteiger partial charge in [-0.25, -0.2) is 4.98 Å². The van der Waals surface area contributed by atoms with Gasteiger partial charge in [0.25, 0.3) is 5.91 Å². The highest BCUT2D eigenvalue weighted by Gasteiger charge is 2.25. The molecule has 1 saturated heterocycles. The van der Waals surface area contributed by atoms with Gasteiger partial charge in [-0.2, -0.15) is 0 Å². The Bertz CT molecular complexity index is 1110. The van der Waals surface area contributed by atoms with Gasteiger partial charge in [0.2, 0.25) is 0 Å². The third-order valence-electron chi connectivity index (χ3n) is 6.64. The third kappa shape index (κ3) is 5.05. The van der Waals surface area contributed by atoms with Gasteiger partial charge in [0.05, 0.1) is 18.2 Å². The molecule has 6 heteroatoms. The molecule has 174 valence electrons. The van der Waals surface area contributed by atoms with Gasteiger partial charge < -0.3 is 19.9 Å². The number of para-hydroxylation sites is 1. The monoisotopic (exact) mass is 446 g/mol. The molecule has 3 aromatic rings. The standard InChI is InChI=1S/C27H34N4O2/c1-19(27(2,3)4)28-26(32)23-18-25(29-24-9-7-6-8-22(23)24)31-16-14-30(15-17-31)20-10-12-21(33-5)13-11-20/h6-13,18-19H,14-17H2,1-5H3,(H,28,32)/t19-/m1/s1. The van der Waals surface area contributed by atoms with E-state index in [0.717, 1.165) is 48.6 Å². The minimum Gasteiger partial charge on any atom is -0.497 e. The van der Waals surface area contributed by atoms with E-state index in [1.165, 1.54) is 5.69 Å². The number of anilines is 2. The first-order valence-electron chi connectivity index (χ1n) is 11.6. The fourth-order valence-corrected chi connectivity index (χ4v) is 3.99. The van der Waals surface area contributed by atoms with E-state index >= 15 is 0 Å². The number of ether oxygens (including phenoxy) is 1. The molecule has 1 aromatic heterocycles. The van der Waals surface area contributed by atoms with E-state index in [9.17, 15) is 4.79 Å². The van der Waals surface area contributed by atoms with Crippen LogP contribution in [0.1, 0.15) is 38.1 Å². The van der Waals surface area contributed by atoms with Crippen molar-refractivity contribution >= 4 is 28.3 Å². The summed E-state index contributed by atoms with van der Waals surface area (Å²) in [5.41, 5.74) is 2.71. The molecule has 2 aromatic carbocycles. The summed E-state index contributed by atoms with van der Waals surface area (Å²) in [6.07, 6.45) is 0. The Kier molecular flexibility index (Phi) is 6.45. The normalized spacial score (nSPS) is 15.4. The summed E-state index contributed by atoms with van der Waals surface area (Å²) >= 11 is 0. The van der Waals surface area contributed by atoms with Crippen molar-refractivity contribution in [1.82, 2.24) is 10.3 Å². The summed E-state index contributed by atoms with van der Waals surface area (Å²) in [5.74, 6) is 1.68. The minimum atomic E-state index is -0.0471. The zero-order valence-corrected chi connectivity index (χ0v) is 20.3. The molecule has 1 N–H and O–H groups in total. The molecule has 1 fully saturated rings. The number of nitrogens with zero attached hydrogens (tertiary/aromatic N) is 3. The van der Waals surface area contributed by atoms with E-state index in [1.54, 1.807) is 7.11 Å². The second-order valence-electron chi connectivity index (χ2n) is 9.78. The second kappa shape index (κ2) is 9.30. The van der Waals surface area contributed by atoms with Crippen molar-refractivity contribution in [3.63, 3.8) is 0 Å². The predicted octanol–water partition coefficient (Wildman–Crippen LogP) is 4.73. The smallest absolute Gasteiger partial charge is 0.252 e. The van der Waals surface area contributed by atoms with Gasteiger partial charge in [-0.15, -0.1) is 0 Å². The fourth-order valence-electron chi connectivity index (χ4n) is 3.99. The van der Waals surface area contributed by atoms with Crippen molar-refractivity contribution in [1.29, 1.82) is 0 Å². The van der Waals surface area contributed by atoms with Crippen molar-refractivity contribution in [3.05, 3.63) is 60.2 Å². The minimum absolute atomic E-state index is 0.0148. The van der Waals surface area contributed by atoms with E-state index in [2.05, 4.69) is 54.9 Å². The lowest BCUT2D eigenvalue weighted by Gasteiger charge is -2.37. The molecule has 0 aliphatic carbocycles. The van der Waals surface area contributed by atoms with Crippen molar-refractivity contribution < 1.29 is 9.53 Å². The maximum Gasteiger partial charge on any atom is 0.252 e. The number of carbonyl (C=O) groups excluding carboxylic acids is 1. The van der Waals surface area contributed by atoms with Crippen LogP contribution in [-0.2, 0) is 0 Å². The zero-order chi connectivity index (χ0) is 23.6. The number of pyridine rings is 1. The summed E-state index contributed by atoms with van der Waals surface area (Å²) in [7, 11) is 1.68. The number of benzene rings is 2. The number of hydrogen-bond acceptors (Lipinski definition) is 5. The average molecular weight is 447 g/mol. The number of piperazine rings is 1. The molecule has 1 aliphatic heterocycles. The van der Waals surface area contributed by atoms with Crippen LogP contribution in [0.25, 0.3) is 10.9 Å². The van der Waals surface area contributed by atoms with Crippen molar-refractivity contribution in [2.24, 2.45) is 5.41 Å². The number of hydrogen-bond donors (Lipinski definition) is 1. The van der Waals surface area contributed by atoms with Crippen LogP contribution >= 0.6 is 0 Å². The molecule has 33 heavy (non-hydrogen) atoms. The van der Waals surface area contributed by atoms with Crippen LogP contribution in [0.2, 0.25) is 0 Å². The van der Waals surface area contributed by atoms with Gasteiger partial charge in [-0.3, -0.25) is 4.79 Å². The lowest BCUT2D eigenvalue weighted by molar-refractivity contribution is 0.0912. The lowest BCUT2D eigenvalue weighted by atomic mass is 9.88. The number of nitrogens with one attached hydrogen (secondary N) is 1. The van der Waals surface area contributed by atoms with Crippen LogP contribution < -0.4 is 19.9 Å². The van der Waals surface area contributed by atoms with Crippen LogP contribution in [0.4, 0.5) is 11.5 Å². The van der Waals surface area contributed by atoms with Gasteiger partial charge in [0.1, 0.15) is 11.6 Å². The largest absolute Gasteiger partial charge is 0.497 e. The number of fused-ring (bicyclic) bond motifs is 1. The number of carbonyl (C=O) groups is 1. The molecule has 1 atom stereocenters. The average Bonchev–Trinajstić information content (AvgIpc) is 2.83. The highest BCUT2D eigenvalue weighted by molar-refractivity contribution is 6.07. The van der Waals surface area contributed by atoms with Crippen LogP contribution in [0, 0.1) is 5.41 Å².